The molecule has 0 aromatic heterocycles. The van der Waals surface area contributed by atoms with E-state index in [9.17, 15) is 4.79 Å². The summed E-state index contributed by atoms with van der Waals surface area (Å²) in [5.41, 5.74) is 2.26. The lowest BCUT2D eigenvalue weighted by Gasteiger charge is -2.21. The molecule has 0 unspecified atom stereocenters. The van der Waals surface area contributed by atoms with Gasteiger partial charge in [-0.05, 0) is 18.1 Å². The van der Waals surface area contributed by atoms with Crippen LogP contribution in [0.1, 0.15) is 18.1 Å². The predicted octanol–water partition coefficient (Wildman–Crippen LogP) is 4.35. The fraction of sp³-hybridized carbons (Fsp3) is 0.150. The maximum absolute atomic E-state index is 12.4. The molecule has 0 saturated heterocycles. The van der Waals surface area contributed by atoms with E-state index in [4.69, 9.17) is 0 Å². The van der Waals surface area contributed by atoms with Crippen LogP contribution in [0.2, 0.25) is 0 Å². The number of rotatable bonds is 6. The van der Waals surface area contributed by atoms with Gasteiger partial charge in [0.2, 0.25) is 5.91 Å². The number of amides is 1. The first-order valence-corrected chi connectivity index (χ1v) is 7.45. The molecule has 2 rings (SSSR count). The van der Waals surface area contributed by atoms with Gasteiger partial charge in [-0.2, -0.15) is 0 Å². The highest BCUT2D eigenvalue weighted by atomic mass is 16.2. The molecule has 0 atom stereocenters. The zero-order valence-corrected chi connectivity index (χ0v) is 12.9. The van der Waals surface area contributed by atoms with Gasteiger partial charge in [-0.15, -0.1) is 0 Å². The maximum atomic E-state index is 12.4. The molecule has 0 radical (unpaired) electrons. The number of carbonyl (C=O) groups excluding carboxylic acids is 1. The summed E-state index contributed by atoms with van der Waals surface area (Å²) < 4.78 is 0. The Balaban J connectivity index is 2.14. The lowest BCUT2D eigenvalue weighted by atomic mass is 10.1. The lowest BCUT2D eigenvalue weighted by molar-refractivity contribution is -0.127. The minimum atomic E-state index is 0.0193. The molecule has 2 aromatic rings. The summed E-state index contributed by atoms with van der Waals surface area (Å²) in [6, 6.07) is 20.1. The van der Waals surface area contributed by atoms with E-state index in [1.54, 1.807) is 12.2 Å². The highest BCUT2D eigenvalue weighted by Gasteiger charge is 2.11. The number of allylic oxidation sites excluding steroid dienone is 3. The highest BCUT2D eigenvalue weighted by molar-refractivity contribution is 5.87. The maximum Gasteiger partial charge on any atom is 0.247 e. The van der Waals surface area contributed by atoms with Crippen molar-refractivity contribution in [2.24, 2.45) is 0 Å². The van der Waals surface area contributed by atoms with Crippen molar-refractivity contribution in [1.82, 2.24) is 4.90 Å². The third-order valence-electron chi connectivity index (χ3n) is 3.29. The summed E-state index contributed by atoms with van der Waals surface area (Å²) in [6.07, 6.45) is 7.17. The number of hydrogen-bond acceptors (Lipinski definition) is 1. The van der Waals surface area contributed by atoms with Crippen molar-refractivity contribution < 1.29 is 4.79 Å². The zero-order chi connectivity index (χ0) is 15.6. The van der Waals surface area contributed by atoms with Crippen molar-refractivity contribution in [3.8, 4) is 0 Å². The van der Waals surface area contributed by atoms with Crippen LogP contribution >= 0.6 is 0 Å². The SMILES string of the molecule is C/C=C/C=C\C(=O)N(Cc1ccccc1)Cc1ccccc1. The number of benzene rings is 2. The Hall–Kier alpha value is -2.61. The van der Waals surface area contributed by atoms with Gasteiger partial charge in [0.15, 0.2) is 0 Å². The Kier molecular flexibility index (Phi) is 6.18. The summed E-state index contributed by atoms with van der Waals surface area (Å²) in [7, 11) is 0. The number of hydrogen-bond donors (Lipinski definition) is 0. The van der Waals surface area contributed by atoms with E-state index in [0.29, 0.717) is 13.1 Å². The summed E-state index contributed by atoms with van der Waals surface area (Å²) in [5.74, 6) is 0.0193. The molecule has 0 aliphatic heterocycles. The molecule has 22 heavy (non-hydrogen) atoms. The van der Waals surface area contributed by atoms with Crippen molar-refractivity contribution in [3.63, 3.8) is 0 Å². The smallest absolute Gasteiger partial charge is 0.247 e. The van der Waals surface area contributed by atoms with E-state index >= 15 is 0 Å². The van der Waals surface area contributed by atoms with Gasteiger partial charge >= 0.3 is 0 Å². The first-order chi connectivity index (χ1) is 10.8. The van der Waals surface area contributed by atoms with Gasteiger partial charge in [0.05, 0.1) is 0 Å². The average Bonchev–Trinajstić information content (AvgIpc) is 2.56. The monoisotopic (exact) mass is 291 g/mol. The van der Waals surface area contributed by atoms with Crippen LogP contribution < -0.4 is 0 Å². The molecule has 0 N–H and O–H groups in total. The van der Waals surface area contributed by atoms with Crippen molar-refractivity contribution in [3.05, 3.63) is 96.1 Å². The molecule has 0 aliphatic rings. The van der Waals surface area contributed by atoms with Crippen LogP contribution in [-0.4, -0.2) is 10.8 Å². The second-order valence-corrected chi connectivity index (χ2v) is 5.05. The number of carbonyl (C=O) groups is 1. The predicted molar refractivity (Wildman–Crippen MR) is 91.1 cm³/mol. The molecule has 2 nitrogen and oxygen atoms in total. The average molecular weight is 291 g/mol. The minimum absolute atomic E-state index is 0.0193. The van der Waals surface area contributed by atoms with Gasteiger partial charge in [0.25, 0.3) is 0 Å². The van der Waals surface area contributed by atoms with Gasteiger partial charge in [-0.3, -0.25) is 4.79 Å². The zero-order valence-electron chi connectivity index (χ0n) is 12.9. The van der Waals surface area contributed by atoms with Crippen LogP contribution in [-0.2, 0) is 17.9 Å². The Bertz CT molecular complexity index is 588. The van der Waals surface area contributed by atoms with Gasteiger partial charge in [-0.25, -0.2) is 0 Å². The molecule has 0 fully saturated rings. The van der Waals surface area contributed by atoms with Crippen molar-refractivity contribution in [2.45, 2.75) is 20.0 Å². The second-order valence-electron chi connectivity index (χ2n) is 5.05. The van der Waals surface area contributed by atoms with E-state index in [0.717, 1.165) is 11.1 Å². The van der Waals surface area contributed by atoms with E-state index in [1.165, 1.54) is 0 Å². The van der Waals surface area contributed by atoms with E-state index < -0.39 is 0 Å². The van der Waals surface area contributed by atoms with Crippen LogP contribution in [0.3, 0.4) is 0 Å². The van der Waals surface area contributed by atoms with E-state index in [1.807, 2.05) is 84.6 Å². The molecule has 0 heterocycles. The third kappa shape index (κ3) is 5.06. The van der Waals surface area contributed by atoms with Crippen molar-refractivity contribution in [1.29, 1.82) is 0 Å². The Morgan fingerprint density at radius 3 is 1.82 bits per heavy atom. The van der Waals surface area contributed by atoms with Crippen molar-refractivity contribution in [2.75, 3.05) is 0 Å². The van der Waals surface area contributed by atoms with Gasteiger partial charge in [-0.1, -0.05) is 78.9 Å². The molecule has 0 spiro atoms. The van der Waals surface area contributed by atoms with E-state index in [2.05, 4.69) is 0 Å². The molecular formula is C20H21NO. The Morgan fingerprint density at radius 2 is 1.36 bits per heavy atom. The van der Waals surface area contributed by atoms with E-state index in [-0.39, 0.29) is 5.91 Å². The van der Waals surface area contributed by atoms with Crippen LogP contribution in [0, 0.1) is 0 Å². The standard InChI is InChI=1S/C20H21NO/c1-2-3-6-15-20(22)21(16-18-11-7-4-8-12-18)17-19-13-9-5-10-14-19/h2-15H,16-17H2,1H3/b3-2+,15-6-. The molecule has 0 bridgehead atoms. The number of nitrogens with zero attached hydrogens (tertiary/aromatic N) is 1. The molecule has 112 valence electrons. The van der Waals surface area contributed by atoms with Crippen LogP contribution in [0.25, 0.3) is 0 Å². The molecule has 0 aliphatic carbocycles. The summed E-state index contributed by atoms with van der Waals surface area (Å²) >= 11 is 0. The molecule has 1 amide bonds. The summed E-state index contributed by atoms with van der Waals surface area (Å²) in [6.45, 7) is 3.14. The molecular weight excluding hydrogens is 270 g/mol. The van der Waals surface area contributed by atoms with Gasteiger partial charge in [0.1, 0.15) is 0 Å². The van der Waals surface area contributed by atoms with Crippen molar-refractivity contribution >= 4 is 5.91 Å². The lowest BCUT2D eigenvalue weighted by Crippen LogP contribution is -2.28. The topological polar surface area (TPSA) is 20.3 Å². The first kappa shape index (κ1) is 15.8. The van der Waals surface area contributed by atoms with Gasteiger partial charge < -0.3 is 4.90 Å². The molecule has 0 saturated carbocycles. The normalized spacial score (nSPS) is 11.1. The summed E-state index contributed by atoms with van der Waals surface area (Å²) in [4.78, 5) is 14.3. The molecule has 2 aromatic carbocycles. The fourth-order valence-electron chi connectivity index (χ4n) is 2.17. The van der Waals surface area contributed by atoms with Gasteiger partial charge in [0, 0.05) is 19.2 Å². The molecule has 2 heteroatoms. The van der Waals surface area contributed by atoms with Crippen LogP contribution in [0.4, 0.5) is 0 Å². The third-order valence-corrected chi connectivity index (χ3v) is 3.29. The Morgan fingerprint density at radius 1 is 0.864 bits per heavy atom. The Labute approximate surface area is 132 Å². The quantitative estimate of drug-likeness (QED) is 0.572. The summed E-state index contributed by atoms with van der Waals surface area (Å²) in [5, 5.41) is 0. The minimum Gasteiger partial charge on any atom is -0.331 e. The van der Waals surface area contributed by atoms with Crippen LogP contribution in [0.5, 0.6) is 0 Å². The first-order valence-electron chi connectivity index (χ1n) is 7.45. The largest absolute Gasteiger partial charge is 0.331 e. The fourth-order valence-corrected chi connectivity index (χ4v) is 2.17. The van der Waals surface area contributed by atoms with Crippen LogP contribution in [0.15, 0.2) is 85.0 Å². The second kappa shape index (κ2) is 8.63. The highest BCUT2D eigenvalue weighted by Crippen LogP contribution is 2.10.